The molecule has 0 spiro atoms. The Labute approximate surface area is 98.7 Å². The summed E-state index contributed by atoms with van der Waals surface area (Å²) in [5, 5.41) is 11.4. The number of hydrogen-bond acceptors (Lipinski definition) is 4. The third kappa shape index (κ3) is 3.64. The molecule has 0 saturated heterocycles. The molecule has 17 heavy (non-hydrogen) atoms. The van der Waals surface area contributed by atoms with Gasteiger partial charge in [0.2, 0.25) is 0 Å². The average Bonchev–Trinajstić information content (AvgIpc) is 2.27. The summed E-state index contributed by atoms with van der Waals surface area (Å²) in [6.45, 7) is 1.60. The molecule has 0 unspecified atom stereocenters. The molecule has 2 N–H and O–H groups in total. The molecular weight excluding hydrogens is 222 g/mol. The molecule has 0 bridgehead atoms. The maximum atomic E-state index is 11.4. The Morgan fingerprint density at radius 2 is 2.00 bits per heavy atom. The van der Waals surface area contributed by atoms with Crippen molar-refractivity contribution in [2.24, 2.45) is 0 Å². The lowest BCUT2D eigenvalue weighted by molar-refractivity contribution is -0.131. The second kappa shape index (κ2) is 5.69. The van der Waals surface area contributed by atoms with E-state index in [9.17, 15) is 9.59 Å². The fourth-order valence-corrected chi connectivity index (χ4v) is 1.31. The van der Waals surface area contributed by atoms with E-state index in [1.807, 2.05) is 0 Å². The van der Waals surface area contributed by atoms with E-state index in [1.54, 1.807) is 31.2 Å². The molecule has 5 heteroatoms. The highest BCUT2D eigenvalue weighted by Crippen LogP contribution is 2.17. The van der Waals surface area contributed by atoms with Crippen molar-refractivity contribution in [2.45, 2.75) is 6.92 Å². The van der Waals surface area contributed by atoms with E-state index in [0.29, 0.717) is 16.9 Å². The number of carbonyl (C=O) groups is 2. The number of nitrogens with one attached hydrogen (secondary N) is 1. The zero-order chi connectivity index (χ0) is 12.8. The molecule has 0 saturated carbocycles. The molecule has 5 nitrogen and oxygen atoms in total. The van der Waals surface area contributed by atoms with Gasteiger partial charge < -0.3 is 15.2 Å². The third-order valence-corrected chi connectivity index (χ3v) is 2.00. The van der Waals surface area contributed by atoms with Crippen LogP contribution in [0.4, 0.5) is 5.69 Å². The van der Waals surface area contributed by atoms with Crippen molar-refractivity contribution in [1.82, 2.24) is 0 Å². The molecule has 0 heterocycles. The number of rotatable bonds is 4. The fraction of sp³-hybridized carbons (Fsp3) is 0.167. The van der Waals surface area contributed by atoms with Crippen LogP contribution < -0.4 is 5.32 Å². The van der Waals surface area contributed by atoms with Crippen LogP contribution in [0.15, 0.2) is 36.0 Å². The van der Waals surface area contributed by atoms with Gasteiger partial charge in [0.15, 0.2) is 0 Å². The summed E-state index contributed by atoms with van der Waals surface area (Å²) in [6, 6.07) is 6.71. The van der Waals surface area contributed by atoms with Gasteiger partial charge in [0, 0.05) is 11.8 Å². The first-order valence-electron chi connectivity index (χ1n) is 4.90. The Kier molecular flexibility index (Phi) is 4.28. The minimum absolute atomic E-state index is 0.355. The van der Waals surface area contributed by atoms with Crippen LogP contribution in [-0.4, -0.2) is 24.2 Å². The molecule has 0 aliphatic rings. The van der Waals surface area contributed by atoms with Gasteiger partial charge in [0.05, 0.1) is 18.4 Å². The molecule has 1 aromatic rings. The van der Waals surface area contributed by atoms with Gasteiger partial charge in [-0.05, 0) is 19.1 Å². The van der Waals surface area contributed by atoms with E-state index < -0.39 is 11.9 Å². The number of carboxylic acid groups (broad SMARTS) is 1. The minimum atomic E-state index is -1.05. The molecule has 0 aliphatic heterocycles. The highest BCUT2D eigenvalue weighted by atomic mass is 16.5. The Morgan fingerprint density at radius 3 is 2.59 bits per heavy atom. The van der Waals surface area contributed by atoms with E-state index in [2.05, 4.69) is 10.1 Å². The molecule has 1 aromatic carbocycles. The van der Waals surface area contributed by atoms with Crippen molar-refractivity contribution in [3.63, 3.8) is 0 Å². The van der Waals surface area contributed by atoms with Crippen molar-refractivity contribution < 1.29 is 19.4 Å². The van der Waals surface area contributed by atoms with Crippen molar-refractivity contribution in [2.75, 3.05) is 12.4 Å². The third-order valence-electron chi connectivity index (χ3n) is 2.00. The Bertz CT molecular complexity index is 465. The Hall–Kier alpha value is -2.30. The number of aliphatic carboxylic acids is 1. The van der Waals surface area contributed by atoms with Gasteiger partial charge in [-0.1, -0.05) is 12.1 Å². The Morgan fingerprint density at radius 1 is 1.35 bits per heavy atom. The Balaban J connectivity index is 2.99. The number of anilines is 1. The van der Waals surface area contributed by atoms with Gasteiger partial charge in [-0.15, -0.1) is 0 Å². The van der Waals surface area contributed by atoms with E-state index in [-0.39, 0.29) is 0 Å². The lowest BCUT2D eigenvalue weighted by atomic mass is 10.1. The molecule has 0 amide bonds. The summed E-state index contributed by atoms with van der Waals surface area (Å²) in [7, 11) is 1.29. The number of esters is 1. The first-order chi connectivity index (χ1) is 8.04. The van der Waals surface area contributed by atoms with Gasteiger partial charge in [-0.2, -0.15) is 0 Å². The molecular formula is C12H13NO4. The van der Waals surface area contributed by atoms with E-state index in [4.69, 9.17) is 5.11 Å². The van der Waals surface area contributed by atoms with E-state index in [1.165, 1.54) is 7.11 Å². The van der Waals surface area contributed by atoms with Crippen LogP contribution in [-0.2, 0) is 9.53 Å². The number of para-hydroxylation sites is 1. The summed E-state index contributed by atoms with van der Waals surface area (Å²) in [5.74, 6) is -1.53. The van der Waals surface area contributed by atoms with Crippen LogP contribution in [0, 0.1) is 0 Å². The SMILES string of the molecule is COC(=O)c1ccccc1N/C(C)=C/C(=O)O. The predicted octanol–water partition coefficient (Wildman–Crippen LogP) is 1.87. The second-order valence-corrected chi connectivity index (χ2v) is 3.33. The maximum Gasteiger partial charge on any atom is 0.339 e. The maximum absolute atomic E-state index is 11.4. The molecule has 90 valence electrons. The van der Waals surface area contributed by atoms with Gasteiger partial charge in [0.1, 0.15) is 0 Å². The van der Waals surface area contributed by atoms with E-state index >= 15 is 0 Å². The van der Waals surface area contributed by atoms with Crippen molar-refractivity contribution in [1.29, 1.82) is 0 Å². The molecule has 1 rings (SSSR count). The zero-order valence-corrected chi connectivity index (χ0v) is 9.56. The van der Waals surface area contributed by atoms with Gasteiger partial charge in [0.25, 0.3) is 0 Å². The predicted molar refractivity (Wildman–Crippen MR) is 62.8 cm³/mol. The topological polar surface area (TPSA) is 75.6 Å². The van der Waals surface area contributed by atoms with Crippen LogP contribution >= 0.6 is 0 Å². The molecule has 0 atom stereocenters. The fourth-order valence-electron chi connectivity index (χ4n) is 1.31. The van der Waals surface area contributed by atoms with Gasteiger partial charge in [-0.25, -0.2) is 9.59 Å². The number of hydrogen-bond donors (Lipinski definition) is 2. The smallest absolute Gasteiger partial charge is 0.339 e. The van der Waals surface area contributed by atoms with Gasteiger partial charge >= 0.3 is 11.9 Å². The van der Waals surface area contributed by atoms with Crippen molar-refractivity contribution >= 4 is 17.6 Å². The van der Waals surface area contributed by atoms with Gasteiger partial charge in [-0.3, -0.25) is 0 Å². The van der Waals surface area contributed by atoms with Crippen LogP contribution in [0.5, 0.6) is 0 Å². The van der Waals surface area contributed by atoms with Crippen LogP contribution in [0.25, 0.3) is 0 Å². The van der Waals surface area contributed by atoms with Crippen molar-refractivity contribution in [3.8, 4) is 0 Å². The highest BCUT2D eigenvalue weighted by Gasteiger charge is 2.10. The number of allylic oxidation sites excluding steroid dienone is 1. The molecule has 0 aliphatic carbocycles. The summed E-state index contributed by atoms with van der Waals surface area (Å²) in [6.07, 6.45) is 1.02. The molecule has 0 aromatic heterocycles. The largest absolute Gasteiger partial charge is 0.478 e. The minimum Gasteiger partial charge on any atom is -0.478 e. The standard InChI is InChI=1S/C12H13NO4/c1-8(7-11(14)15)13-10-6-4-3-5-9(10)12(16)17-2/h3-7,13H,1-2H3,(H,14,15)/b8-7+. The zero-order valence-electron chi connectivity index (χ0n) is 9.56. The summed E-state index contributed by atoms with van der Waals surface area (Å²) in [5.41, 5.74) is 1.29. The summed E-state index contributed by atoms with van der Waals surface area (Å²) in [4.78, 5) is 21.9. The van der Waals surface area contributed by atoms with Crippen molar-refractivity contribution in [3.05, 3.63) is 41.6 Å². The second-order valence-electron chi connectivity index (χ2n) is 3.33. The lowest BCUT2D eigenvalue weighted by Crippen LogP contribution is -2.07. The molecule has 0 radical (unpaired) electrons. The monoisotopic (exact) mass is 235 g/mol. The number of carboxylic acids is 1. The summed E-state index contributed by atoms with van der Waals surface area (Å²) >= 11 is 0. The summed E-state index contributed by atoms with van der Waals surface area (Å²) < 4.78 is 4.62. The quantitative estimate of drug-likeness (QED) is 0.615. The first kappa shape index (κ1) is 12.8. The van der Waals surface area contributed by atoms with Crippen LogP contribution in [0.2, 0.25) is 0 Å². The number of ether oxygens (including phenoxy) is 1. The van der Waals surface area contributed by atoms with Crippen LogP contribution in [0.3, 0.4) is 0 Å². The lowest BCUT2D eigenvalue weighted by Gasteiger charge is -2.10. The van der Waals surface area contributed by atoms with E-state index in [0.717, 1.165) is 6.08 Å². The average molecular weight is 235 g/mol. The number of carbonyl (C=O) groups excluding carboxylic acids is 1. The van der Waals surface area contributed by atoms with Crippen LogP contribution in [0.1, 0.15) is 17.3 Å². The first-order valence-corrected chi connectivity index (χ1v) is 4.90. The normalized spacial score (nSPS) is 10.8. The molecule has 0 fully saturated rings. The number of benzene rings is 1. The number of methoxy groups -OCH3 is 1. The highest BCUT2D eigenvalue weighted by molar-refractivity contribution is 5.96.